The smallest absolute Gasteiger partial charge is 0.162 e. The molecule has 92 valence electrons. The fourth-order valence-corrected chi connectivity index (χ4v) is 2.34. The van der Waals surface area contributed by atoms with Gasteiger partial charge in [-0.05, 0) is 25.8 Å². The number of hydrogen-bond donors (Lipinski definition) is 2. The normalized spacial score (nSPS) is 21.0. The molecule has 0 aromatic carbocycles. The maximum Gasteiger partial charge on any atom is 0.162 e. The molecule has 0 bridgehead atoms. The van der Waals surface area contributed by atoms with Gasteiger partial charge in [0, 0.05) is 12.6 Å². The van der Waals surface area contributed by atoms with Crippen LogP contribution in [0.25, 0.3) is 0 Å². The Bertz CT molecular complexity index is 404. The molecule has 1 aliphatic rings. The van der Waals surface area contributed by atoms with Gasteiger partial charge in [0.15, 0.2) is 5.82 Å². The van der Waals surface area contributed by atoms with Gasteiger partial charge in [-0.25, -0.2) is 0 Å². The number of nitrogens with zero attached hydrogens (tertiary/aromatic N) is 3. The summed E-state index contributed by atoms with van der Waals surface area (Å²) in [7, 11) is 0. The van der Waals surface area contributed by atoms with E-state index >= 15 is 0 Å². The standard InChI is InChI=1S/C12H19N5/c1-9-5-3-2-4-8-17(9)12-10(11(13)14)6-7-15-16-12/h6-7,9H,2-5,8H2,1H3,(H3,13,14). The predicted molar refractivity (Wildman–Crippen MR) is 68.3 cm³/mol. The third-order valence-electron chi connectivity index (χ3n) is 3.32. The van der Waals surface area contributed by atoms with Gasteiger partial charge in [0.1, 0.15) is 5.84 Å². The highest BCUT2D eigenvalue weighted by atomic mass is 15.3. The fourth-order valence-electron chi connectivity index (χ4n) is 2.34. The first-order chi connectivity index (χ1) is 8.20. The summed E-state index contributed by atoms with van der Waals surface area (Å²) in [4.78, 5) is 2.23. The van der Waals surface area contributed by atoms with Crippen molar-refractivity contribution in [2.75, 3.05) is 11.4 Å². The van der Waals surface area contributed by atoms with Crippen LogP contribution >= 0.6 is 0 Å². The average molecular weight is 233 g/mol. The first kappa shape index (κ1) is 11.8. The second-order valence-corrected chi connectivity index (χ2v) is 4.57. The van der Waals surface area contributed by atoms with Gasteiger partial charge in [0.2, 0.25) is 0 Å². The summed E-state index contributed by atoms with van der Waals surface area (Å²) in [6, 6.07) is 2.20. The quantitative estimate of drug-likeness (QED) is 0.599. The summed E-state index contributed by atoms with van der Waals surface area (Å²) in [5.41, 5.74) is 6.28. The van der Waals surface area contributed by atoms with Gasteiger partial charge in [-0.3, -0.25) is 5.41 Å². The van der Waals surface area contributed by atoms with Crippen LogP contribution in [0, 0.1) is 5.41 Å². The Morgan fingerprint density at radius 3 is 3.06 bits per heavy atom. The van der Waals surface area contributed by atoms with E-state index in [9.17, 15) is 0 Å². The summed E-state index contributed by atoms with van der Waals surface area (Å²) >= 11 is 0. The summed E-state index contributed by atoms with van der Waals surface area (Å²) in [6.45, 7) is 3.17. The van der Waals surface area contributed by atoms with E-state index in [0.717, 1.165) is 25.2 Å². The Labute approximate surface area is 102 Å². The van der Waals surface area contributed by atoms with E-state index in [1.807, 2.05) is 0 Å². The number of hydrogen-bond acceptors (Lipinski definition) is 4. The first-order valence-electron chi connectivity index (χ1n) is 6.13. The molecule has 2 heterocycles. The molecule has 1 fully saturated rings. The van der Waals surface area contributed by atoms with Crippen molar-refractivity contribution in [2.45, 2.75) is 38.6 Å². The molecule has 5 heteroatoms. The van der Waals surface area contributed by atoms with Crippen LogP contribution in [0.15, 0.2) is 12.3 Å². The molecule has 1 unspecified atom stereocenters. The molecule has 0 aliphatic carbocycles. The molecule has 3 N–H and O–H groups in total. The van der Waals surface area contributed by atoms with Gasteiger partial charge >= 0.3 is 0 Å². The van der Waals surface area contributed by atoms with E-state index < -0.39 is 0 Å². The van der Waals surface area contributed by atoms with Crippen LogP contribution in [-0.4, -0.2) is 28.6 Å². The minimum atomic E-state index is 0.0614. The SMILES string of the molecule is CC1CCCCCN1c1nnccc1C(=N)N. The number of nitrogens with one attached hydrogen (secondary N) is 1. The summed E-state index contributed by atoms with van der Waals surface area (Å²) in [6.07, 6.45) is 6.43. The Morgan fingerprint density at radius 2 is 2.29 bits per heavy atom. The van der Waals surface area contributed by atoms with Gasteiger partial charge in [0.25, 0.3) is 0 Å². The van der Waals surface area contributed by atoms with E-state index in [1.165, 1.54) is 12.8 Å². The van der Waals surface area contributed by atoms with Gasteiger partial charge in [-0.15, -0.1) is 5.10 Å². The molecule has 0 amide bonds. The Kier molecular flexibility index (Phi) is 3.56. The van der Waals surface area contributed by atoms with Crippen LogP contribution in [0.3, 0.4) is 0 Å². The minimum absolute atomic E-state index is 0.0614. The van der Waals surface area contributed by atoms with Crippen molar-refractivity contribution in [3.63, 3.8) is 0 Å². The zero-order valence-electron chi connectivity index (χ0n) is 10.2. The molecule has 0 spiro atoms. The molecule has 1 aromatic heterocycles. The highest BCUT2D eigenvalue weighted by Crippen LogP contribution is 2.24. The van der Waals surface area contributed by atoms with Gasteiger partial charge < -0.3 is 10.6 Å². The van der Waals surface area contributed by atoms with Crippen LogP contribution in [0.1, 0.15) is 38.2 Å². The van der Waals surface area contributed by atoms with Crippen LogP contribution in [-0.2, 0) is 0 Å². The topological polar surface area (TPSA) is 78.9 Å². The number of anilines is 1. The van der Waals surface area contributed by atoms with Gasteiger partial charge in [-0.1, -0.05) is 12.8 Å². The van der Waals surface area contributed by atoms with Crippen LogP contribution in [0.2, 0.25) is 0 Å². The molecule has 2 rings (SSSR count). The van der Waals surface area contributed by atoms with E-state index in [1.54, 1.807) is 12.3 Å². The second kappa shape index (κ2) is 5.12. The largest absolute Gasteiger partial charge is 0.384 e. The molecule has 1 aliphatic heterocycles. The van der Waals surface area contributed by atoms with E-state index in [4.69, 9.17) is 11.1 Å². The van der Waals surface area contributed by atoms with E-state index in [-0.39, 0.29) is 5.84 Å². The third kappa shape index (κ3) is 2.54. The third-order valence-corrected chi connectivity index (χ3v) is 3.32. The first-order valence-corrected chi connectivity index (χ1v) is 6.13. The number of nitrogens with two attached hydrogens (primary N) is 1. The maximum absolute atomic E-state index is 7.60. The van der Waals surface area contributed by atoms with Gasteiger partial charge in [-0.2, -0.15) is 5.10 Å². The summed E-state index contributed by atoms with van der Waals surface area (Å²) < 4.78 is 0. The lowest BCUT2D eigenvalue weighted by molar-refractivity contribution is 0.608. The number of nitrogen functional groups attached to an aromatic ring is 1. The van der Waals surface area contributed by atoms with Crippen molar-refractivity contribution in [1.82, 2.24) is 10.2 Å². The fraction of sp³-hybridized carbons (Fsp3) is 0.583. The lowest BCUT2D eigenvalue weighted by Crippen LogP contribution is -2.35. The van der Waals surface area contributed by atoms with E-state index in [0.29, 0.717) is 11.6 Å². The molecule has 1 aromatic rings. The van der Waals surface area contributed by atoms with E-state index in [2.05, 4.69) is 22.0 Å². The number of rotatable bonds is 2. The van der Waals surface area contributed by atoms with Gasteiger partial charge in [0.05, 0.1) is 11.8 Å². The van der Waals surface area contributed by atoms with Crippen molar-refractivity contribution >= 4 is 11.7 Å². The second-order valence-electron chi connectivity index (χ2n) is 4.57. The molecule has 17 heavy (non-hydrogen) atoms. The number of aromatic nitrogens is 2. The predicted octanol–water partition coefficient (Wildman–Crippen LogP) is 1.53. The molecular formula is C12H19N5. The van der Waals surface area contributed by atoms with Crippen molar-refractivity contribution in [1.29, 1.82) is 5.41 Å². The van der Waals surface area contributed by atoms with Crippen molar-refractivity contribution < 1.29 is 0 Å². The molecule has 0 saturated carbocycles. The maximum atomic E-state index is 7.60. The van der Waals surface area contributed by atoms with Crippen LogP contribution < -0.4 is 10.6 Å². The molecular weight excluding hydrogens is 214 g/mol. The molecule has 5 nitrogen and oxygen atoms in total. The van der Waals surface area contributed by atoms with Crippen molar-refractivity contribution in [3.8, 4) is 0 Å². The lowest BCUT2D eigenvalue weighted by Gasteiger charge is -2.29. The zero-order chi connectivity index (χ0) is 12.3. The van der Waals surface area contributed by atoms with Crippen LogP contribution in [0.4, 0.5) is 5.82 Å². The Balaban J connectivity index is 2.34. The monoisotopic (exact) mass is 233 g/mol. The van der Waals surface area contributed by atoms with Crippen LogP contribution in [0.5, 0.6) is 0 Å². The summed E-state index contributed by atoms with van der Waals surface area (Å²) in [5, 5.41) is 15.7. The van der Waals surface area contributed by atoms with Crippen molar-refractivity contribution in [2.24, 2.45) is 5.73 Å². The number of amidine groups is 1. The zero-order valence-corrected chi connectivity index (χ0v) is 10.2. The van der Waals surface area contributed by atoms with Crippen molar-refractivity contribution in [3.05, 3.63) is 17.8 Å². The average Bonchev–Trinajstić information content (AvgIpc) is 2.54. The molecule has 0 radical (unpaired) electrons. The molecule has 1 atom stereocenters. The minimum Gasteiger partial charge on any atom is -0.384 e. The highest BCUT2D eigenvalue weighted by Gasteiger charge is 2.21. The Hall–Kier alpha value is -1.65. The Morgan fingerprint density at radius 1 is 1.47 bits per heavy atom. The molecule has 1 saturated heterocycles. The highest BCUT2D eigenvalue weighted by molar-refractivity contribution is 5.99. The summed E-state index contributed by atoms with van der Waals surface area (Å²) in [5.74, 6) is 0.820. The lowest BCUT2D eigenvalue weighted by atomic mass is 10.1.